The molecule has 0 amide bonds. The van der Waals surface area contributed by atoms with Crippen LogP contribution in [0, 0.1) is 5.82 Å². The van der Waals surface area contributed by atoms with Crippen LogP contribution in [0.2, 0.25) is 5.02 Å². The molecule has 2 rings (SSSR count). The molecular formula is C16H14ClFO3. The van der Waals surface area contributed by atoms with E-state index in [0.29, 0.717) is 16.3 Å². The highest BCUT2D eigenvalue weighted by atomic mass is 35.5. The minimum Gasteiger partial charge on any atom is -0.492 e. The van der Waals surface area contributed by atoms with Crippen LogP contribution in [0.1, 0.15) is 11.5 Å². The third-order valence-corrected chi connectivity index (χ3v) is 3.24. The molecule has 0 bridgehead atoms. The first kappa shape index (κ1) is 15.3. The molecule has 5 heteroatoms. The Bertz CT molecular complexity index is 596. The van der Waals surface area contributed by atoms with Gasteiger partial charge in [-0.05, 0) is 42.0 Å². The van der Waals surface area contributed by atoms with Gasteiger partial charge in [-0.15, -0.1) is 0 Å². The Balaban J connectivity index is 2.11. The fraction of sp³-hybridized carbons (Fsp3) is 0.188. The van der Waals surface area contributed by atoms with E-state index in [1.807, 2.05) is 0 Å². The molecule has 1 unspecified atom stereocenters. The van der Waals surface area contributed by atoms with Crippen molar-refractivity contribution >= 4 is 17.6 Å². The van der Waals surface area contributed by atoms with E-state index in [2.05, 4.69) is 0 Å². The number of benzene rings is 2. The van der Waals surface area contributed by atoms with Gasteiger partial charge in [0.2, 0.25) is 0 Å². The summed E-state index contributed by atoms with van der Waals surface area (Å²) in [5, 5.41) is 0.602. The third kappa shape index (κ3) is 4.20. The van der Waals surface area contributed by atoms with Gasteiger partial charge in [-0.3, -0.25) is 4.79 Å². The summed E-state index contributed by atoms with van der Waals surface area (Å²) in [5.41, 5.74) is 0.636. The third-order valence-electron chi connectivity index (χ3n) is 2.99. The molecule has 0 saturated carbocycles. The first-order valence-corrected chi connectivity index (χ1v) is 6.69. The Kier molecular flexibility index (Phi) is 5.17. The van der Waals surface area contributed by atoms with Gasteiger partial charge in [-0.2, -0.15) is 0 Å². The lowest BCUT2D eigenvalue weighted by atomic mass is 10.0. The molecule has 3 nitrogen and oxygen atoms in total. The van der Waals surface area contributed by atoms with Gasteiger partial charge in [0.1, 0.15) is 24.1 Å². The van der Waals surface area contributed by atoms with Crippen LogP contribution in [0.3, 0.4) is 0 Å². The van der Waals surface area contributed by atoms with Crippen molar-refractivity contribution in [3.63, 3.8) is 0 Å². The zero-order valence-corrected chi connectivity index (χ0v) is 12.1. The van der Waals surface area contributed by atoms with Crippen LogP contribution in [0.15, 0.2) is 48.5 Å². The maximum absolute atomic E-state index is 13.0. The molecule has 0 aliphatic carbocycles. The van der Waals surface area contributed by atoms with E-state index in [9.17, 15) is 9.18 Å². The fourth-order valence-corrected chi connectivity index (χ4v) is 1.97. The van der Waals surface area contributed by atoms with E-state index in [0.717, 1.165) is 0 Å². The van der Waals surface area contributed by atoms with Gasteiger partial charge >= 0.3 is 5.97 Å². The number of ether oxygens (including phenoxy) is 2. The largest absolute Gasteiger partial charge is 0.492 e. The Morgan fingerprint density at radius 3 is 2.33 bits per heavy atom. The lowest BCUT2D eigenvalue weighted by Crippen LogP contribution is -2.21. The SMILES string of the molecule is COC(=O)C(COc1ccc(Cl)cc1)c1ccc(F)cc1. The van der Waals surface area contributed by atoms with Crippen molar-refractivity contribution < 1.29 is 18.7 Å². The molecule has 1 atom stereocenters. The van der Waals surface area contributed by atoms with E-state index in [1.165, 1.54) is 19.2 Å². The molecule has 0 aliphatic rings. The standard InChI is InChI=1S/C16H14ClFO3/c1-20-16(19)15(11-2-6-13(18)7-3-11)10-21-14-8-4-12(17)5-9-14/h2-9,15H,10H2,1H3. The van der Waals surface area contributed by atoms with Gasteiger partial charge < -0.3 is 9.47 Å². The predicted molar refractivity (Wildman–Crippen MR) is 78.1 cm³/mol. The van der Waals surface area contributed by atoms with Crippen LogP contribution >= 0.6 is 11.6 Å². The zero-order valence-electron chi connectivity index (χ0n) is 11.4. The minimum atomic E-state index is -0.619. The second-order valence-corrected chi connectivity index (χ2v) is 4.83. The summed E-state index contributed by atoms with van der Waals surface area (Å²) in [6.45, 7) is 0.0972. The fourth-order valence-electron chi connectivity index (χ4n) is 1.85. The average Bonchev–Trinajstić information content (AvgIpc) is 2.50. The van der Waals surface area contributed by atoms with Crippen LogP contribution in [0.5, 0.6) is 5.75 Å². The van der Waals surface area contributed by atoms with Crippen LogP contribution < -0.4 is 4.74 Å². The highest BCUT2D eigenvalue weighted by molar-refractivity contribution is 6.30. The van der Waals surface area contributed by atoms with Gasteiger partial charge in [-0.1, -0.05) is 23.7 Å². The molecule has 21 heavy (non-hydrogen) atoms. The molecule has 0 aliphatic heterocycles. The minimum absolute atomic E-state index is 0.0972. The Hall–Kier alpha value is -2.07. The maximum atomic E-state index is 13.0. The second-order valence-electron chi connectivity index (χ2n) is 4.39. The summed E-state index contributed by atoms with van der Waals surface area (Å²) in [5.74, 6) is -0.821. The molecule has 0 spiro atoms. The van der Waals surface area contributed by atoms with Crippen LogP contribution in [-0.2, 0) is 9.53 Å². The van der Waals surface area contributed by atoms with Crippen molar-refractivity contribution in [2.45, 2.75) is 5.92 Å². The number of hydrogen-bond donors (Lipinski definition) is 0. The van der Waals surface area contributed by atoms with E-state index >= 15 is 0 Å². The number of hydrogen-bond acceptors (Lipinski definition) is 3. The molecule has 0 heterocycles. The van der Waals surface area contributed by atoms with Crippen LogP contribution in [-0.4, -0.2) is 19.7 Å². The molecule has 0 aromatic heterocycles. The van der Waals surface area contributed by atoms with Crippen LogP contribution in [0.4, 0.5) is 4.39 Å². The summed E-state index contributed by atoms with van der Waals surface area (Å²) in [4.78, 5) is 11.9. The van der Waals surface area contributed by atoms with Crippen molar-refractivity contribution in [3.05, 3.63) is 64.9 Å². The zero-order chi connectivity index (χ0) is 15.2. The number of esters is 1. The van der Waals surface area contributed by atoms with Crippen LogP contribution in [0.25, 0.3) is 0 Å². The average molecular weight is 309 g/mol. The van der Waals surface area contributed by atoms with Crippen molar-refractivity contribution in [3.8, 4) is 5.75 Å². The summed E-state index contributed by atoms with van der Waals surface area (Å²) in [6, 6.07) is 12.5. The number of carbonyl (C=O) groups excluding carboxylic acids is 1. The van der Waals surface area contributed by atoms with Gasteiger partial charge in [0.25, 0.3) is 0 Å². The second kappa shape index (κ2) is 7.09. The van der Waals surface area contributed by atoms with Crippen molar-refractivity contribution in [2.24, 2.45) is 0 Å². The number of rotatable bonds is 5. The number of carbonyl (C=O) groups is 1. The molecule has 0 N–H and O–H groups in total. The van der Waals surface area contributed by atoms with Crippen molar-refractivity contribution in [2.75, 3.05) is 13.7 Å². The number of halogens is 2. The summed E-state index contributed by atoms with van der Waals surface area (Å²) in [6.07, 6.45) is 0. The maximum Gasteiger partial charge on any atom is 0.316 e. The Morgan fingerprint density at radius 1 is 1.14 bits per heavy atom. The predicted octanol–water partition coefficient (Wildman–Crippen LogP) is 3.81. The molecule has 0 saturated heterocycles. The van der Waals surface area contributed by atoms with Crippen molar-refractivity contribution in [1.82, 2.24) is 0 Å². The highest BCUT2D eigenvalue weighted by Gasteiger charge is 2.22. The molecular weight excluding hydrogens is 295 g/mol. The van der Waals surface area contributed by atoms with Gasteiger partial charge in [-0.25, -0.2) is 4.39 Å². The lowest BCUT2D eigenvalue weighted by Gasteiger charge is -2.16. The first-order chi connectivity index (χ1) is 10.1. The lowest BCUT2D eigenvalue weighted by molar-refractivity contribution is -0.143. The molecule has 0 fully saturated rings. The topological polar surface area (TPSA) is 35.5 Å². The normalized spacial score (nSPS) is 11.8. The Labute approximate surface area is 127 Å². The summed E-state index contributed by atoms with van der Waals surface area (Å²) < 4.78 is 23.3. The summed E-state index contributed by atoms with van der Waals surface area (Å²) in [7, 11) is 1.31. The molecule has 2 aromatic carbocycles. The van der Waals surface area contributed by atoms with Gasteiger partial charge in [0.15, 0.2) is 0 Å². The smallest absolute Gasteiger partial charge is 0.316 e. The summed E-state index contributed by atoms with van der Waals surface area (Å²) >= 11 is 5.79. The van der Waals surface area contributed by atoms with E-state index in [4.69, 9.17) is 21.1 Å². The van der Waals surface area contributed by atoms with E-state index < -0.39 is 11.9 Å². The number of methoxy groups -OCH3 is 1. The quantitative estimate of drug-likeness (QED) is 0.788. The van der Waals surface area contributed by atoms with E-state index in [1.54, 1.807) is 36.4 Å². The monoisotopic (exact) mass is 308 g/mol. The first-order valence-electron chi connectivity index (χ1n) is 6.32. The van der Waals surface area contributed by atoms with Gasteiger partial charge in [0.05, 0.1) is 7.11 Å². The molecule has 110 valence electrons. The molecule has 0 radical (unpaired) electrons. The van der Waals surface area contributed by atoms with Gasteiger partial charge in [0, 0.05) is 5.02 Å². The Morgan fingerprint density at radius 2 is 1.76 bits per heavy atom. The molecule has 2 aromatic rings. The highest BCUT2D eigenvalue weighted by Crippen LogP contribution is 2.21. The van der Waals surface area contributed by atoms with E-state index in [-0.39, 0.29) is 12.4 Å². The van der Waals surface area contributed by atoms with Crippen molar-refractivity contribution in [1.29, 1.82) is 0 Å².